The summed E-state index contributed by atoms with van der Waals surface area (Å²) in [6.07, 6.45) is -0.721. The zero-order valence-electron chi connectivity index (χ0n) is 20.4. The van der Waals surface area contributed by atoms with Gasteiger partial charge in [0, 0.05) is 6.42 Å². The summed E-state index contributed by atoms with van der Waals surface area (Å²) in [5.41, 5.74) is 6.78. The Morgan fingerprint density at radius 2 is 1.41 bits per heavy atom. The lowest BCUT2D eigenvalue weighted by atomic mass is 9.99. The summed E-state index contributed by atoms with van der Waals surface area (Å²) in [6.45, 7) is 8.49. The third-order valence-electron chi connectivity index (χ3n) is 5.27. The molecule has 10 nitrogen and oxygen atoms in total. The summed E-state index contributed by atoms with van der Waals surface area (Å²) < 4.78 is 0. The van der Waals surface area contributed by atoms with Crippen LogP contribution in [0.5, 0.6) is 0 Å². The molecule has 0 bridgehead atoms. The summed E-state index contributed by atoms with van der Waals surface area (Å²) in [7, 11) is 0. The second kappa shape index (κ2) is 13.7. The van der Waals surface area contributed by atoms with Gasteiger partial charge in [-0.2, -0.15) is 0 Å². The Hall–Kier alpha value is -2.98. The van der Waals surface area contributed by atoms with E-state index in [1.54, 1.807) is 13.8 Å². The molecule has 1 aromatic rings. The average molecular weight is 479 g/mol. The van der Waals surface area contributed by atoms with Crippen molar-refractivity contribution >= 4 is 23.7 Å². The predicted molar refractivity (Wildman–Crippen MR) is 128 cm³/mol. The number of rotatable bonds is 13. The van der Waals surface area contributed by atoms with Gasteiger partial charge in [-0.25, -0.2) is 4.79 Å². The highest BCUT2D eigenvalue weighted by Gasteiger charge is 2.33. The van der Waals surface area contributed by atoms with Gasteiger partial charge in [0.25, 0.3) is 0 Å². The molecule has 0 spiro atoms. The van der Waals surface area contributed by atoms with Gasteiger partial charge in [-0.05, 0) is 30.7 Å². The number of amides is 3. The smallest absolute Gasteiger partial charge is 0.328 e. The number of carboxylic acid groups (broad SMARTS) is 1. The summed E-state index contributed by atoms with van der Waals surface area (Å²) >= 11 is 0. The first-order valence-electron chi connectivity index (χ1n) is 11.4. The summed E-state index contributed by atoms with van der Waals surface area (Å²) in [6, 6.07) is 4.65. The van der Waals surface area contributed by atoms with Gasteiger partial charge in [-0.3, -0.25) is 14.4 Å². The van der Waals surface area contributed by atoms with E-state index in [4.69, 9.17) is 5.73 Å². The predicted octanol–water partition coefficient (Wildman–Crippen LogP) is 0.178. The molecule has 0 radical (unpaired) electrons. The number of aliphatic hydroxyl groups excluding tert-OH is 1. The van der Waals surface area contributed by atoms with Crippen molar-refractivity contribution in [2.24, 2.45) is 17.6 Å². The van der Waals surface area contributed by atoms with E-state index in [0.29, 0.717) is 6.42 Å². The van der Waals surface area contributed by atoms with Crippen LogP contribution in [0.25, 0.3) is 0 Å². The van der Waals surface area contributed by atoms with Crippen molar-refractivity contribution in [3.05, 3.63) is 35.9 Å². The van der Waals surface area contributed by atoms with Crippen molar-refractivity contribution in [1.82, 2.24) is 16.0 Å². The second-order valence-corrected chi connectivity index (χ2v) is 9.28. The van der Waals surface area contributed by atoms with E-state index in [0.717, 1.165) is 5.56 Å². The highest BCUT2D eigenvalue weighted by Crippen LogP contribution is 2.09. The molecule has 10 heteroatoms. The lowest BCUT2D eigenvalue weighted by Crippen LogP contribution is -2.60. The quantitative estimate of drug-likeness (QED) is 0.235. The Bertz CT molecular complexity index is 828. The number of carboxylic acids is 1. The maximum atomic E-state index is 13.2. The molecule has 190 valence electrons. The Kier molecular flexibility index (Phi) is 11.7. The molecule has 0 fully saturated rings. The van der Waals surface area contributed by atoms with Crippen LogP contribution in [0.2, 0.25) is 0 Å². The van der Waals surface area contributed by atoms with E-state index in [2.05, 4.69) is 16.0 Å². The molecule has 0 aliphatic rings. The van der Waals surface area contributed by atoms with E-state index in [1.807, 2.05) is 44.2 Å². The number of carbonyl (C=O) groups is 4. The van der Waals surface area contributed by atoms with Gasteiger partial charge in [0.2, 0.25) is 17.7 Å². The molecule has 5 atom stereocenters. The number of benzene rings is 1. The first-order chi connectivity index (χ1) is 15.8. The molecule has 0 saturated heterocycles. The molecule has 1 rings (SSSR count). The molecule has 7 N–H and O–H groups in total. The van der Waals surface area contributed by atoms with Crippen LogP contribution in [-0.4, -0.2) is 64.2 Å². The minimum absolute atomic E-state index is 0.171. The fourth-order valence-corrected chi connectivity index (χ4v) is 3.37. The molecule has 34 heavy (non-hydrogen) atoms. The number of carbonyl (C=O) groups excluding carboxylic acids is 3. The molecule has 1 aromatic carbocycles. The Morgan fingerprint density at radius 1 is 0.853 bits per heavy atom. The van der Waals surface area contributed by atoms with Crippen LogP contribution in [0.15, 0.2) is 30.3 Å². The number of aliphatic hydroxyl groups is 1. The van der Waals surface area contributed by atoms with Gasteiger partial charge < -0.3 is 31.9 Å². The molecule has 0 saturated carbocycles. The Balaban J connectivity index is 3.07. The molecule has 0 heterocycles. The monoisotopic (exact) mass is 478 g/mol. The van der Waals surface area contributed by atoms with E-state index >= 15 is 0 Å². The van der Waals surface area contributed by atoms with E-state index in [9.17, 15) is 29.4 Å². The highest BCUT2D eigenvalue weighted by atomic mass is 16.4. The van der Waals surface area contributed by atoms with Gasteiger partial charge in [0.15, 0.2) is 6.04 Å². The number of hydrogen-bond donors (Lipinski definition) is 6. The number of aliphatic carboxylic acids is 1. The van der Waals surface area contributed by atoms with Crippen molar-refractivity contribution in [2.45, 2.75) is 77.7 Å². The summed E-state index contributed by atoms with van der Waals surface area (Å²) in [5, 5.41) is 26.5. The second-order valence-electron chi connectivity index (χ2n) is 9.28. The van der Waals surface area contributed by atoms with Crippen molar-refractivity contribution < 1.29 is 29.4 Å². The Labute approximate surface area is 200 Å². The first kappa shape index (κ1) is 29.1. The zero-order valence-corrected chi connectivity index (χ0v) is 20.4. The van der Waals surface area contributed by atoms with Crippen LogP contribution in [-0.2, 0) is 25.6 Å². The molecule has 5 unspecified atom stereocenters. The van der Waals surface area contributed by atoms with E-state index in [1.165, 1.54) is 6.92 Å². The standard InChI is InChI=1S/C24H38N4O6/c1-13(2)11-17(25)21(30)26-18(12-16-9-7-6-8-10-16)22(31)27-19(14(3)4)23(32)28-20(15(5)29)24(33)34/h6-10,13-15,17-20,29H,11-12,25H2,1-5H3,(H,26,30)(H,27,31)(H,28,32)(H,33,34). The highest BCUT2D eigenvalue weighted by molar-refractivity contribution is 5.94. The maximum absolute atomic E-state index is 13.2. The third kappa shape index (κ3) is 9.48. The van der Waals surface area contributed by atoms with E-state index in [-0.39, 0.29) is 12.3 Å². The normalized spacial score (nSPS) is 15.7. The van der Waals surface area contributed by atoms with Gasteiger partial charge in [0.05, 0.1) is 12.1 Å². The largest absolute Gasteiger partial charge is 0.480 e. The minimum Gasteiger partial charge on any atom is -0.480 e. The van der Waals surface area contributed by atoms with Gasteiger partial charge in [-0.1, -0.05) is 58.0 Å². The molecule has 3 amide bonds. The number of nitrogens with two attached hydrogens (primary N) is 1. The third-order valence-corrected chi connectivity index (χ3v) is 5.27. The van der Waals surface area contributed by atoms with Crippen LogP contribution >= 0.6 is 0 Å². The SMILES string of the molecule is CC(C)CC(N)C(=O)NC(Cc1ccccc1)C(=O)NC(C(=O)NC(C(=O)O)C(C)O)C(C)C. The van der Waals surface area contributed by atoms with Crippen LogP contribution < -0.4 is 21.7 Å². The lowest BCUT2D eigenvalue weighted by molar-refractivity contribution is -0.145. The fraction of sp³-hybridized carbons (Fsp3) is 0.583. The molecular formula is C24H38N4O6. The van der Waals surface area contributed by atoms with Crippen LogP contribution in [0.3, 0.4) is 0 Å². The summed E-state index contributed by atoms with van der Waals surface area (Å²) in [4.78, 5) is 49.9. The van der Waals surface area contributed by atoms with Crippen molar-refractivity contribution in [1.29, 1.82) is 0 Å². The zero-order chi connectivity index (χ0) is 26.0. The topological polar surface area (TPSA) is 171 Å². The molecule has 0 aromatic heterocycles. The first-order valence-corrected chi connectivity index (χ1v) is 11.4. The van der Waals surface area contributed by atoms with Crippen LogP contribution in [0.1, 0.15) is 46.6 Å². The van der Waals surface area contributed by atoms with Gasteiger partial charge in [0.1, 0.15) is 12.1 Å². The van der Waals surface area contributed by atoms with Crippen LogP contribution in [0, 0.1) is 11.8 Å². The molecule has 0 aliphatic heterocycles. The number of nitrogens with one attached hydrogen (secondary N) is 3. The van der Waals surface area contributed by atoms with Crippen molar-refractivity contribution in [2.75, 3.05) is 0 Å². The average Bonchev–Trinajstić information content (AvgIpc) is 2.74. The minimum atomic E-state index is -1.53. The van der Waals surface area contributed by atoms with Gasteiger partial charge in [-0.15, -0.1) is 0 Å². The summed E-state index contributed by atoms with van der Waals surface area (Å²) in [5.74, 6) is -3.44. The molecule has 0 aliphatic carbocycles. The lowest BCUT2D eigenvalue weighted by Gasteiger charge is -2.27. The maximum Gasteiger partial charge on any atom is 0.328 e. The van der Waals surface area contributed by atoms with E-state index < -0.39 is 59.9 Å². The number of hydrogen-bond acceptors (Lipinski definition) is 6. The molecular weight excluding hydrogens is 440 g/mol. The Morgan fingerprint density at radius 3 is 1.88 bits per heavy atom. The van der Waals surface area contributed by atoms with Crippen LogP contribution in [0.4, 0.5) is 0 Å². The fourth-order valence-electron chi connectivity index (χ4n) is 3.37. The van der Waals surface area contributed by atoms with Gasteiger partial charge >= 0.3 is 5.97 Å². The van der Waals surface area contributed by atoms with Crippen molar-refractivity contribution in [3.63, 3.8) is 0 Å². The van der Waals surface area contributed by atoms with Crippen molar-refractivity contribution in [3.8, 4) is 0 Å².